The quantitative estimate of drug-likeness (QED) is 0.399. The lowest BCUT2D eigenvalue weighted by Crippen LogP contribution is -2.44. The van der Waals surface area contributed by atoms with E-state index in [2.05, 4.69) is 10.6 Å². The molecule has 0 aromatic heterocycles. The van der Waals surface area contributed by atoms with Crippen molar-refractivity contribution >= 4 is 23.2 Å². The van der Waals surface area contributed by atoms with Crippen LogP contribution in [0.3, 0.4) is 0 Å². The minimum absolute atomic E-state index is 0.0313. The molecule has 12 nitrogen and oxygen atoms in total. The van der Waals surface area contributed by atoms with Crippen molar-refractivity contribution in [2.45, 2.75) is 13.0 Å². The zero-order valence-electron chi connectivity index (χ0n) is 16.5. The SMILES string of the molecule is CC(CNC(=O)COc1ccccc1[N+](=O)[O-])NC(=O)COc1ccccc1[N+](=O)[O-]. The van der Waals surface area contributed by atoms with Gasteiger partial charge in [-0.2, -0.15) is 0 Å². The van der Waals surface area contributed by atoms with E-state index in [0.717, 1.165) is 0 Å². The van der Waals surface area contributed by atoms with Gasteiger partial charge in [0.05, 0.1) is 9.85 Å². The number of nitrogens with zero attached hydrogens (tertiary/aromatic N) is 2. The van der Waals surface area contributed by atoms with Crippen LogP contribution in [0, 0.1) is 20.2 Å². The van der Waals surface area contributed by atoms with Crippen LogP contribution in [0.5, 0.6) is 11.5 Å². The first-order valence-electron chi connectivity index (χ1n) is 9.06. The average Bonchev–Trinajstić information content (AvgIpc) is 2.75. The Labute approximate surface area is 176 Å². The minimum atomic E-state index is -0.614. The molecule has 1 atom stereocenters. The number of nitro benzene ring substituents is 2. The van der Waals surface area contributed by atoms with Gasteiger partial charge in [0.25, 0.3) is 11.8 Å². The van der Waals surface area contributed by atoms with E-state index in [1.165, 1.54) is 36.4 Å². The summed E-state index contributed by atoms with van der Waals surface area (Å²) in [5, 5.41) is 27.0. The summed E-state index contributed by atoms with van der Waals surface area (Å²) in [7, 11) is 0. The standard InChI is InChI=1S/C19H20N4O8/c1-13(21-19(25)12-31-17-9-5-3-7-15(17)23(28)29)10-20-18(24)11-30-16-8-4-2-6-14(16)22(26)27/h2-9,13H,10-12H2,1H3,(H,20,24)(H,21,25). The van der Waals surface area contributed by atoms with Crippen molar-refractivity contribution in [1.82, 2.24) is 10.6 Å². The van der Waals surface area contributed by atoms with Gasteiger partial charge < -0.3 is 20.1 Å². The van der Waals surface area contributed by atoms with E-state index < -0.39 is 40.9 Å². The molecule has 0 saturated carbocycles. The molecule has 1 unspecified atom stereocenters. The monoisotopic (exact) mass is 432 g/mol. The number of nitrogens with one attached hydrogen (secondary N) is 2. The van der Waals surface area contributed by atoms with Crippen LogP contribution in [-0.4, -0.2) is 47.5 Å². The summed E-state index contributed by atoms with van der Waals surface area (Å²) in [5.41, 5.74) is -0.510. The molecule has 0 fully saturated rings. The highest BCUT2D eigenvalue weighted by Crippen LogP contribution is 2.26. The molecule has 2 aromatic carbocycles. The zero-order valence-corrected chi connectivity index (χ0v) is 16.5. The van der Waals surface area contributed by atoms with Crippen LogP contribution in [-0.2, 0) is 9.59 Å². The van der Waals surface area contributed by atoms with E-state index in [9.17, 15) is 29.8 Å². The molecular formula is C19H20N4O8. The number of carbonyl (C=O) groups is 2. The average molecular weight is 432 g/mol. The lowest BCUT2D eigenvalue weighted by Gasteiger charge is -2.15. The van der Waals surface area contributed by atoms with Gasteiger partial charge in [0.15, 0.2) is 24.7 Å². The molecule has 164 valence electrons. The molecule has 31 heavy (non-hydrogen) atoms. The Morgan fingerprint density at radius 3 is 1.81 bits per heavy atom. The topological polar surface area (TPSA) is 163 Å². The third kappa shape index (κ3) is 7.27. The van der Waals surface area contributed by atoms with Crippen LogP contribution in [0.25, 0.3) is 0 Å². The number of ether oxygens (including phenoxy) is 2. The second-order valence-electron chi connectivity index (χ2n) is 6.30. The Hall–Kier alpha value is -4.22. The van der Waals surface area contributed by atoms with Crippen molar-refractivity contribution in [2.24, 2.45) is 0 Å². The highest BCUT2D eigenvalue weighted by Gasteiger charge is 2.17. The number of amides is 2. The van der Waals surface area contributed by atoms with Gasteiger partial charge in [-0.3, -0.25) is 29.8 Å². The Morgan fingerprint density at radius 1 is 0.871 bits per heavy atom. The third-order valence-corrected chi connectivity index (χ3v) is 3.85. The van der Waals surface area contributed by atoms with Crippen LogP contribution in [0.15, 0.2) is 48.5 Å². The molecule has 0 aliphatic rings. The first-order valence-corrected chi connectivity index (χ1v) is 9.06. The second kappa shape index (κ2) is 11.1. The lowest BCUT2D eigenvalue weighted by molar-refractivity contribution is -0.386. The van der Waals surface area contributed by atoms with Gasteiger partial charge in [-0.1, -0.05) is 24.3 Å². The predicted molar refractivity (Wildman–Crippen MR) is 108 cm³/mol. The van der Waals surface area contributed by atoms with Crippen LogP contribution < -0.4 is 20.1 Å². The molecular weight excluding hydrogens is 412 g/mol. The van der Waals surface area contributed by atoms with E-state index in [1.54, 1.807) is 19.1 Å². The van der Waals surface area contributed by atoms with Crippen molar-refractivity contribution in [2.75, 3.05) is 19.8 Å². The molecule has 0 saturated heterocycles. The fourth-order valence-electron chi connectivity index (χ4n) is 2.43. The van der Waals surface area contributed by atoms with Gasteiger partial charge in [-0.15, -0.1) is 0 Å². The second-order valence-corrected chi connectivity index (χ2v) is 6.30. The molecule has 2 rings (SSSR count). The van der Waals surface area contributed by atoms with Crippen LogP contribution in [0.4, 0.5) is 11.4 Å². The zero-order chi connectivity index (χ0) is 22.8. The summed E-state index contributed by atoms with van der Waals surface area (Å²) in [4.78, 5) is 44.5. The number of hydrogen-bond donors (Lipinski definition) is 2. The number of para-hydroxylation sites is 4. The summed E-state index contributed by atoms with van der Waals surface area (Å²) in [6.45, 7) is 0.818. The minimum Gasteiger partial charge on any atom is -0.477 e. The number of hydrogen-bond acceptors (Lipinski definition) is 8. The lowest BCUT2D eigenvalue weighted by atomic mass is 10.3. The fraction of sp³-hybridized carbons (Fsp3) is 0.263. The van der Waals surface area contributed by atoms with Gasteiger partial charge in [0.1, 0.15) is 0 Å². The Morgan fingerprint density at radius 2 is 1.32 bits per heavy atom. The van der Waals surface area contributed by atoms with E-state index in [1.807, 2.05) is 0 Å². The number of carbonyl (C=O) groups excluding carboxylic acids is 2. The maximum Gasteiger partial charge on any atom is 0.310 e. The molecule has 2 amide bonds. The summed E-state index contributed by atoms with van der Waals surface area (Å²) in [6, 6.07) is 10.9. The maximum atomic E-state index is 12.0. The van der Waals surface area contributed by atoms with Crippen molar-refractivity contribution in [3.8, 4) is 11.5 Å². The molecule has 2 aromatic rings. The number of rotatable bonds is 11. The molecule has 0 aliphatic carbocycles. The van der Waals surface area contributed by atoms with Crippen molar-refractivity contribution in [3.63, 3.8) is 0 Å². The molecule has 0 bridgehead atoms. The van der Waals surface area contributed by atoms with Crippen LogP contribution in [0.2, 0.25) is 0 Å². The van der Waals surface area contributed by atoms with E-state index >= 15 is 0 Å². The van der Waals surface area contributed by atoms with Gasteiger partial charge in [-0.25, -0.2) is 0 Å². The third-order valence-electron chi connectivity index (χ3n) is 3.85. The van der Waals surface area contributed by atoms with Gasteiger partial charge in [0.2, 0.25) is 0 Å². The molecule has 0 radical (unpaired) electrons. The highest BCUT2D eigenvalue weighted by atomic mass is 16.6. The normalized spacial score (nSPS) is 11.1. The molecule has 0 heterocycles. The molecule has 2 N–H and O–H groups in total. The summed E-state index contributed by atoms with van der Waals surface area (Å²) in [6.07, 6.45) is 0. The Bertz CT molecular complexity index is 965. The van der Waals surface area contributed by atoms with Crippen molar-refractivity contribution in [1.29, 1.82) is 0 Å². The smallest absolute Gasteiger partial charge is 0.310 e. The first-order chi connectivity index (χ1) is 14.8. The Balaban J connectivity index is 1.73. The molecule has 12 heteroatoms. The highest BCUT2D eigenvalue weighted by molar-refractivity contribution is 5.79. The number of benzene rings is 2. The number of nitro groups is 2. The Kier molecular flexibility index (Phi) is 8.25. The van der Waals surface area contributed by atoms with Crippen molar-refractivity contribution < 1.29 is 28.9 Å². The summed E-state index contributed by atoms with van der Waals surface area (Å²) < 4.78 is 10.4. The summed E-state index contributed by atoms with van der Waals surface area (Å²) >= 11 is 0. The molecule has 0 aliphatic heterocycles. The predicted octanol–water partition coefficient (Wildman–Crippen LogP) is 1.58. The van der Waals surface area contributed by atoms with Crippen LogP contribution >= 0.6 is 0 Å². The van der Waals surface area contributed by atoms with Gasteiger partial charge >= 0.3 is 11.4 Å². The summed E-state index contributed by atoms with van der Waals surface area (Å²) in [5.74, 6) is -1.13. The van der Waals surface area contributed by atoms with Gasteiger partial charge in [0, 0.05) is 24.7 Å². The maximum absolute atomic E-state index is 12.0. The van der Waals surface area contributed by atoms with Crippen molar-refractivity contribution in [3.05, 3.63) is 68.8 Å². The first kappa shape index (κ1) is 23.1. The van der Waals surface area contributed by atoms with Crippen LogP contribution in [0.1, 0.15) is 6.92 Å². The van der Waals surface area contributed by atoms with E-state index in [0.29, 0.717) is 0 Å². The fourth-order valence-corrected chi connectivity index (χ4v) is 2.43. The van der Waals surface area contributed by atoms with E-state index in [-0.39, 0.29) is 29.4 Å². The largest absolute Gasteiger partial charge is 0.477 e. The van der Waals surface area contributed by atoms with Gasteiger partial charge in [-0.05, 0) is 19.1 Å². The molecule has 0 spiro atoms. The van der Waals surface area contributed by atoms with E-state index in [4.69, 9.17) is 9.47 Å².